The Bertz CT molecular complexity index is 596. The Kier molecular flexibility index (Phi) is 4.61. The average Bonchev–Trinajstić information content (AvgIpc) is 3.04. The molecule has 0 saturated carbocycles. The standard InChI is InChI=1S/C17H24N4O2/c1-12-4-2-5-14(19-12)17(23)20-10-7-13(8-11-20)21-9-3-6-15(21)16(18)22/h2,4-5,13,15H,3,6-11H2,1H3,(H2,18,22)/t15-/m0/s1. The van der Waals surface area contributed by atoms with E-state index < -0.39 is 0 Å². The lowest BCUT2D eigenvalue weighted by Gasteiger charge is -2.38. The Morgan fingerprint density at radius 2 is 1.91 bits per heavy atom. The van der Waals surface area contributed by atoms with Crippen LogP contribution in [0.25, 0.3) is 0 Å². The molecule has 2 aliphatic rings. The van der Waals surface area contributed by atoms with Gasteiger partial charge in [-0.2, -0.15) is 0 Å². The zero-order chi connectivity index (χ0) is 16.4. The van der Waals surface area contributed by atoms with Crippen molar-refractivity contribution in [2.75, 3.05) is 19.6 Å². The third kappa shape index (κ3) is 3.37. The smallest absolute Gasteiger partial charge is 0.272 e. The molecule has 3 heterocycles. The number of pyridine rings is 1. The van der Waals surface area contributed by atoms with E-state index in [9.17, 15) is 9.59 Å². The lowest BCUT2D eigenvalue weighted by atomic mass is 10.0. The average molecular weight is 316 g/mol. The van der Waals surface area contributed by atoms with Gasteiger partial charge in [-0.3, -0.25) is 14.5 Å². The molecule has 3 rings (SSSR count). The van der Waals surface area contributed by atoms with E-state index in [1.54, 1.807) is 6.07 Å². The van der Waals surface area contributed by atoms with Crippen LogP contribution >= 0.6 is 0 Å². The summed E-state index contributed by atoms with van der Waals surface area (Å²) in [6.45, 7) is 4.24. The van der Waals surface area contributed by atoms with Crippen molar-refractivity contribution in [3.63, 3.8) is 0 Å². The highest BCUT2D eigenvalue weighted by atomic mass is 16.2. The Labute approximate surface area is 136 Å². The molecule has 0 spiro atoms. The fourth-order valence-electron chi connectivity index (χ4n) is 3.76. The van der Waals surface area contributed by atoms with Crippen LogP contribution in [0.4, 0.5) is 0 Å². The number of nitrogens with two attached hydrogens (primary N) is 1. The Morgan fingerprint density at radius 3 is 2.57 bits per heavy atom. The van der Waals surface area contributed by atoms with Gasteiger partial charge in [-0.05, 0) is 51.3 Å². The van der Waals surface area contributed by atoms with Crippen molar-refractivity contribution >= 4 is 11.8 Å². The molecule has 124 valence electrons. The van der Waals surface area contributed by atoms with Crippen molar-refractivity contribution in [1.29, 1.82) is 0 Å². The van der Waals surface area contributed by atoms with Gasteiger partial charge in [0.2, 0.25) is 5.91 Å². The molecule has 0 aliphatic carbocycles. The number of aromatic nitrogens is 1. The molecule has 2 amide bonds. The van der Waals surface area contributed by atoms with Crippen molar-refractivity contribution in [3.8, 4) is 0 Å². The molecule has 0 unspecified atom stereocenters. The first-order valence-electron chi connectivity index (χ1n) is 8.34. The lowest BCUT2D eigenvalue weighted by molar-refractivity contribution is -0.123. The summed E-state index contributed by atoms with van der Waals surface area (Å²) in [6.07, 6.45) is 3.67. The van der Waals surface area contributed by atoms with Gasteiger partial charge in [0, 0.05) is 24.8 Å². The second-order valence-electron chi connectivity index (χ2n) is 6.49. The van der Waals surface area contributed by atoms with E-state index in [4.69, 9.17) is 5.73 Å². The fraction of sp³-hybridized carbons (Fsp3) is 0.588. The summed E-state index contributed by atoms with van der Waals surface area (Å²) in [6, 6.07) is 5.75. The molecule has 2 saturated heterocycles. The van der Waals surface area contributed by atoms with Crippen molar-refractivity contribution in [2.24, 2.45) is 5.73 Å². The fourth-order valence-corrected chi connectivity index (χ4v) is 3.76. The number of nitrogens with zero attached hydrogens (tertiary/aromatic N) is 3. The zero-order valence-electron chi connectivity index (χ0n) is 13.6. The van der Waals surface area contributed by atoms with Crippen LogP contribution in [0, 0.1) is 6.92 Å². The van der Waals surface area contributed by atoms with E-state index in [0.717, 1.165) is 37.9 Å². The van der Waals surface area contributed by atoms with Gasteiger partial charge in [-0.25, -0.2) is 4.98 Å². The highest BCUT2D eigenvalue weighted by molar-refractivity contribution is 5.92. The second-order valence-corrected chi connectivity index (χ2v) is 6.49. The number of primary amides is 1. The molecule has 6 heteroatoms. The molecule has 2 aliphatic heterocycles. The number of piperidine rings is 1. The van der Waals surface area contributed by atoms with Gasteiger partial charge < -0.3 is 10.6 Å². The summed E-state index contributed by atoms with van der Waals surface area (Å²) in [5, 5.41) is 0. The molecule has 0 aromatic carbocycles. The summed E-state index contributed by atoms with van der Waals surface area (Å²) in [5.74, 6) is -0.218. The molecule has 2 N–H and O–H groups in total. The van der Waals surface area contributed by atoms with Gasteiger partial charge in [-0.1, -0.05) is 6.07 Å². The first-order valence-corrected chi connectivity index (χ1v) is 8.34. The summed E-state index contributed by atoms with van der Waals surface area (Å²) in [5.41, 5.74) is 6.87. The van der Waals surface area contributed by atoms with Crippen LogP contribution in [0.2, 0.25) is 0 Å². The number of carbonyl (C=O) groups excluding carboxylic acids is 2. The van der Waals surface area contributed by atoms with Gasteiger partial charge in [-0.15, -0.1) is 0 Å². The Hall–Kier alpha value is -1.95. The van der Waals surface area contributed by atoms with Crippen LogP contribution in [-0.4, -0.2) is 58.3 Å². The number of likely N-dealkylation sites (tertiary alicyclic amines) is 2. The zero-order valence-corrected chi connectivity index (χ0v) is 13.6. The van der Waals surface area contributed by atoms with Gasteiger partial charge in [0.25, 0.3) is 5.91 Å². The highest BCUT2D eigenvalue weighted by Gasteiger charge is 2.36. The van der Waals surface area contributed by atoms with Crippen LogP contribution in [0.1, 0.15) is 41.9 Å². The van der Waals surface area contributed by atoms with Crippen LogP contribution < -0.4 is 5.73 Å². The number of hydrogen-bond acceptors (Lipinski definition) is 4. The van der Waals surface area contributed by atoms with E-state index in [2.05, 4.69) is 9.88 Å². The van der Waals surface area contributed by atoms with E-state index >= 15 is 0 Å². The molecule has 23 heavy (non-hydrogen) atoms. The van der Waals surface area contributed by atoms with Gasteiger partial charge in [0.15, 0.2) is 0 Å². The number of carbonyl (C=O) groups is 2. The second kappa shape index (κ2) is 6.66. The molecule has 1 atom stereocenters. The summed E-state index contributed by atoms with van der Waals surface area (Å²) in [7, 11) is 0. The number of amides is 2. The number of aryl methyl sites for hydroxylation is 1. The lowest BCUT2D eigenvalue weighted by Crippen LogP contribution is -2.51. The minimum absolute atomic E-state index is 0.0000215. The third-order valence-electron chi connectivity index (χ3n) is 4.95. The maximum Gasteiger partial charge on any atom is 0.272 e. The first kappa shape index (κ1) is 15.9. The van der Waals surface area contributed by atoms with E-state index in [-0.39, 0.29) is 17.9 Å². The van der Waals surface area contributed by atoms with E-state index in [1.165, 1.54) is 0 Å². The predicted molar refractivity (Wildman–Crippen MR) is 86.8 cm³/mol. The quantitative estimate of drug-likeness (QED) is 0.900. The molecule has 0 bridgehead atoms. The van der Waals surface area contributed by atoms with Gasteiger partial charge in [0.05, 0.1) is 6.04 Å². The minimum atomic E-state index is -0.218. The van der Waals surface area contributed by atoms with Crippen LogP contribution in [-0.2, 0) is 4.79 Å². The van der Waals surface area contributed by atoms with Crippen molar-refractivity contribution in [2.45, 2.75) is 44.7 Å². The number of hydrogen-bond donors (Lipinski definition) is 1. The molecule has 2 fully saturated rings. The molecule has 6 nitrogen and oxygen atoms in total. The van der Waals surface area contributed by atoms with Gasteiger partial charge in [0.1, 0.15) is 5.69 Å². The Morgan fingerprint density at radius 1 is 1.17 bits per heavy atom. The van der Waals surface area contributed by atoms with Gasteiger partial charge >= 0.3 is 0 Å². The number of rotatable bonds is 3. The largest absolute Gasteiger partial charge is 0.368 e. The van der Waals surface area contributed by atoms with Crippen molar-refractivity contribution < 1.29 is 9.59 Å². The van der Waals surface area contributed by atoms with Crippen molar-refractivity contribution in [1.82, 2.24) is 14.8 Å². The monoisotopic (exact) mass is 316 g/mol. The molecule has 0 radical (unpaired) electrons. The molecule has 1 aromatic rings. The minimum Gasteiger partial charge on any atom is -0.368 e. The highest BCUT2D eigenvalue weighted by Crippen LogP contribution is 2.26. The SMILES string of the molecule is Cc1cccc(C(=O)N2CCC(N3CCC[C@H]3C(N)=O)CC2)n1. The van der Waals surface area contributed by atoms with E-state index in [1.807, 2.05) is 24.0 Å². The van der Waals surface area contributed by atoms with Crippen molar-refractivity contribution in [3.05, 3.63) is 29.6 Å². The van der Waals surface area contributed by atoms with Crippen LogP contribution in [0.5, 0.6) is 0 Å². The maximum atomic E-state index is 12.5. The van der Waals surface area contributed by atoms with Crippen LogP contribution in [0.15, 0.2) is 18.2 Å². The molecule has 1 aromatic heterocycles. The van der Waals surface area contributed by atoms with E-state index in [0.29, 0.717) is 24.8 Å². The third-order valence-corrected chi connectivity index (χ3v) is 4.95. The summed E-state index contributed by atoms with van der Waals surface area (Å²) in [4.78, 5) is 32.5. The maximum absolute atomic E-state index is 12.5. The Balaban J connectivity index is 1.60. The predicted octanol–water partition coefficient (Wildman–Crippen LogP) is 0.944. The molecular formula is C17H24N4O2. The molecular weight excluding hydrogens is 292 g/mol. The topological polar surface area (TPSA) is 79.5 Å². The normalized spacial score (nSPS) is 23.2. The summed E-state index contributed by atoms with van der Waals surface area (Å²) >= 11 is 0. The first-order chi connectivity index (χ1) is 11.1. The van der Waals surface area contributed by atoms with Crippen LogP contribution in [0.3, 0.4) is 0 Å². The summed E-state index contributed by atoms with van der Waals surface area (Å²) < 4.78 is 0.